The van der Waals surface area contributed by atoms with E-state index in [-0.39, 0.29) is 5.92 Å². The minimum Gasteiger partial charge on any atom is -0.262 e. The molecule has 0 saturated heterocycles. The lowest BCUT2D eigenvalue weighted by Crippen LogP contribution is -2.21. The SMILES string of the molecule is CC(C)n1ncc2cc([C@H](c3ccccc3)C(C)(C)C#N)ccc21. The van der Waals surface area contributed by atoms with Crippen LogP contribution in [0.3, 0.4) is 0 Å². The monoisotopic (exact) mass is 317 g/mol. The van der Waals surface area contributed by atoms with Crippen molar-refractivity contribution in [2.45, 2.75) is 39.7 Å². The molecular weight excluding hydrogens is 294 g/mol. The normalized spacial score (nSPS) is 13.2. The highest BCUT2D eigenvalue weighted by Gasteiger charge is 2.32. The van der Waals surface area contributed by atoms with E-state index >= 15 is 0 Å². The Morgan fingerprint density at radius 3 is 2.38 bits per heavy atom. The van der Waals surface area contributed by atoms with Crippen molar-refractivity contribution in [3.8, 4) is 6.07 Å². The molecule has 1 heterocycles. The van der Waals surface area contributed by atoms with Gasteiger partial charge in [-0.25, -0.2) is 0 Å². The first-order chi connectivity index (χ1) is 11.4. The van der Waals surface area contributed by atoms with Crippen LogP contribution in [0.5, 0.6) is 0 Å². The molecular formula is C21H23N3. The van der Waals surface area contributed by atoms with Crippen LogP contribution >= 0.6 is 0 Å². The molecule has 0 saturated carbocycles. The Bertz CT molecular complexity index is 882. The average molecular weight is 317 g/mol. The molecule has 3 nitrogen and oxygen atoms in total. The number of nitriles is 1. The van der Waals surface area contributed by atoms with Gasteiger partial charge < -0.3 is 0 Å². The summed E-state index contributed by atoms with van der Waals surface area (Å²) in [6.07, 6.45) is 1.92. The summed E-state index contributed by atoms with van der Waals surface area (Å²) in [7, 11) is 0. The third-order valence-corrected chi connectivity index (χ3v) is 4.58. The van der Waals surface area contributed by atoms with E-state index in [4.69, 9.17) is 0 Å². The predicted octanol–water partition coefficient (Wildman–Crippen LogP) is 5.30. The van der Waals surface area contributed by atoms with Crippen molar-refractivity contribution in [3.63, 3.8) is 0 Å². The average Bonchev–Trinajstić information content (AvgIpc) is 2.99. The summed E-state index contributed by atoms with van der Waals surface area (Å²) in [5.74, 6) is 0.0236. The zero-order valence-corrected chi connectivity index (χ0v) is 14.7. The van der Waals surface area contributed by atoms with Gasteiger partial charge in [-0.05, 0) is 51.0 Å². The maximum atomic E-state index is 9.71. The molecule has 1 aromatic heterocycles. The maximum Gasteiger partial charge on any atom is 0.0693 e. The van der Waals surface area contributed by atoms with Crippen molar-refractivity contribution in [1.29, 1.82) is 5.26 Å². The molecule has 0 radical (unpaired) electrons. The first kappa shape index (κ1) is 16.3. The Hall–Kier alpha value is -2.60. The molecule has 0 aliphatic carbocycles. The smallest absolute Gasteiger partial charge is 0.0693 e. The van der Waals surface area contributed by atoms with E-state index in [1.807, 2.05) is 42.9 Å². The number of aromatic nitrogens is 2. The highest BCUT2D eigenvalue weighted by molar-refractivity contribution is 5.80. The minimum atomic E-state index is -0.497. The molecule has 1 atom stereocenters. The number of fused-ring (bicyclic) bond motifs is 1. The summed E-state index contributed by atoms with van der Waals surface area (Å²) < 4.78 is 2.03. The number of rotatable bonds is 4. The van der Waals surface area contributed by atoms with Crippen molar-refractivity contribution in [2.24, 2.45) is 5.41 Å². The van der Waals surface area contributed by atoms with Gasteiger partial charge in [-0.15, -0.1) is 0 Å². The molecule has 2 aromatic carbocycles. The zero-order valence-electron chi connectivity index (χ0n) is 14.7. The Labute approximate surface area is 143 Å². The van der Waals surface area contributed by atoms with Crippen molar-refractivity contribution >= 4 is 10.9 Å². The van der Waals surface area contributed by atoms with Crippen LogP contribution in [0, 0.1) is 16.7 Å². The zero-order chi connectivity index (χ0) is 17.3. The highest BCUT2D eigenvalue weighted by Crippen LogP contribution is 2.41. The number of nitrogens with zero attached hydrogens (tertiary/aromatic N) is 3. The van der Waals surface area contributed by atoms with Gasteiger partial charge in [0.15, 0.2) is 0 Å². The number of hydrogen-bond acceptors (Lipinski definition) is 2. The van der Waals surface area contributed by atoms with Crippen LogP contribution in [0.4, 0.5) is 0 Å². The molecule has 0 aliphatic heterocycles. The second-order valence-electron chi connectivity index (χ2n) is 7.18. The van der Waals surface area contributed by atoms with Gasteiger partial charge in [-0.3, -0.25) is 4.68 Å². The molecule has 3 rings (SSSR count). The van der Waals surface area contributed by atoms with Crippen molar-refractivity contribution in [3.05, 3.63) is 65.9 Å². The van der Waals surface area contributed by atoms with Crippen LogP contribution < -0.4 is 0 Å². The lowest BCUT2D eigenvalue weighted by Gasteiger charge is -2.29. The van der Waals surface area contributed by atoms with E-state index < -0.39 is 5.41 Å². The van der Waals surface area contributed by atoms with Crippen LogP contribution in [0.1, 0.15) is 50.8 Å². The largest absolute Gasteiger partial charge is 0.262 e. The molecule has 0 amide bonds. The Balaban J connectivity index is 2.15. The second-order valence-corrected chi connectivity index (χ2v) is 7.18. The number of hydrogen-bond donors (Lipinski definition) is 0. The Morgan fingerprint density at radius 1 is 1.04 bits per heavy atom. The van der Waals surface area contributed by atoms with E-state index in [9.17, 15) is 5.26 Å². The highest BCUT2D eigenvalue weighted by atomic mass is 15.3. The van der Waals surface area contributed by atoms with Crippen molar-refractivity contribution in [2.75, 3.05) is 0 Å². The van der Waals surface area contributed by atoms with Crippen LogP contribution in [0.2, 0.25) is 0 Å². The Morgan fingerprint density at radius 2 is 1.75 bits per heavy atom. The van der Waals surface area contributed by atoms with Gasteiger partial charge in [0.05, 0.1) is 23.2 Å². The summed E-state index contributed by atoms with van der Waals surface area (Å²) >= 11 is 0. The molecule has 0 N–H and O–H groups in total. The Kier molecular flexibility index (Phi) is 4.15. The van der Waals surface area contributed by atoms with Crippen LogP contribution in [-0.4, -0.2) is 9.78 Å². The fraction of sp³-hybridized carbons (Fsp3) is 0.333. The molecule has 0 unspecified atom stereocenters. The van der Waals surface area contributed by atoms with Gasteiger partial charge in [-0.2, -0.15) is 10.4 Å². The van der Waals surface area contributed by atoms with Gasteiger partial charge in [0.2, 0.25) is 0 Å². The molecule has 0 fully saturated rings. The lowest BCUT2D eigenvalue weighted by molar-refractivity contribution is 0.431. The van der Waals surface area contributed by atoms with Gasteiger partial charge in [0.25, 0.3) is 0 Å². The fourth-order valence-electron chi connectivity index (χ4n) is 3.40. The van der Waals surface area contributed by atoms with Crippen molar-refractivity contribution in [1.82, 2.24) is 9.78 Å². The van der Waals surface area contributed by atoms with E-state index in [2.05, 4.69) is 55.3 Å². The fourth-order valence-corrected chi connectivity index (χ4v) is 3.40. The van der Waals surface area contributed by atoms with E-state index in [1.165, 1.54) is 5.56 Å². The van der Waals surface area contributed by atoms with Crippen molar-refractivity contribution < 1.29 is 0 Å². The van der Waals surface area contributed by atoms with E-state index in [1.54, 1.807) is 0 Å². The third kappa shape index (κ3) is 2.80. The second kappa shape index (κ2) is 6.13. The first-order valence-electron chi connectivity index (χ1n) is 8.37. The van der Waals surface area contributed by atoms with Crippen LogP contribution in [0.15, 0.2) is 54.7 Å². The quantitative estimate of drug-likeness (QED) is 0.655. The van der Waals surface area contributed by atoms with Crippen LogP contribution in [-0.2, 0) is 0 Å². The third-order valence-electron chi connectivity index (χ3n) is 4.58. The topological polar surface area (TPSA) is 41.6 Å². The summed E-state index contributed by atoms with van der Waals surface area (Å²) in [6, 6.07) is 19.5. The van der Waals surface area contributed by atoms with Gasteiger partial charge in [0.1, 0.15) is 0 Å². The molecule has 122 valence electrons. The minimum absolute atomic E-state index is 0.0236. The molecule has 0 spiro atoms. The van der Waals surface area contributed by atoms with Gasteiger partial charge in [0, 0.05) is 17.3 Å². The first-order valence-corrected chi connectivity index (χ1v) is 8.37. The number of benzene rings is 2. The summed E-state index contributed by atoms with van der Waals surface area (Å²) in [5, 5.41) is 15.3. The summed E-state index contributed by atoms with van der Waals surface area (Å²) in [5.41, 5.74) is 2.96. The molecule has 3 heteroatoms. The molecule has 0 aliphatic rings. The van der Waals surface area contributed by atoms with Crippen LogP contribution in [0.25, 0.3) is 10.9 Å². The maximum absolute atomic E-state index is 9.71. The molecule has 0 bridgehead atoms. The van der Waals surface area contributed by atoms with Gasteiger partial charge >= 0.3 is 0 Å². The molecule has 24 heavy (non-hydrogen) atoms. The molecule has 3 aromatic rings. The summed E-state index contributed by atoms with van der Waals surface area (Å²) in [6.45, 7) is 8.27. The lowest BCUT2D eigenvalue weighted by atomic mass is 9.72. The standard InChI is InChI=1S/C21H23N3/c1-15(2)24-19-11-10-17(12-18(19)13-23-24)20(21(3,4)14-22)16-8-6-5-7-9-16/h5-13,15,20H,1-4H3/t20-/m0/s1. The van der Waals surface area contributed by atoms with E-state index in [0.29, 0.717) is 6.04 Å². The van der Waals surface area contributed by atoms with Gasteiger partial charge in [-0.1, -0.05) is 36.4 Å². The summed E-state index contributed by atoms with van der Waals surface area (Å²) in [4.78, 5) is 0. The van der Waals surface area contributed by atoms with E-state index in [0.717, 1.165) is 16.5 Å². The predicted molar refractivity (Wildman–Crippen MR) is 97.8 cm³/mol.